The zero-order valence-corrected chi connectivity index (χ0v) is 29.6. The van der Waals surface area contributed by atoms with Crippen LogP contribution in [0.25, 0.3) is 22.3 Å². The molecule has 1 heteroatoms. The van der Waals surface area contributed by atoms with Crippen LogP contribution in [0.1, 0.15) is 86.5 Å². The fourth-order valence-corrected chi connectivity index (χ4v) is 15.6. The number of anilines is 3. The van der Waals surface area contributed by atoms with Crippen LogP contribution < -0.4 is 4.90 Å². The van der Waals surface area contributed by atoms with Crippen molar-refractivity contribution in [3.8, 4) is 22.3 Å². The Balaban J connectivity index is 1.01. The largest absolute Gasteiger partial charge is 0.310 e. The second-order valence-electron chi connectivity index (χ2n) is 18.6. The van der Waals surface area contributed by atoms with Crippen molar-refractivity contribution in [3.05, 3.63) is 138 Å². The first-order valence-corrected chi connectivity index (χ1v) is 20.5. The summed E-state index contributed by atoms with van der Waals surface area (Å²) in [6.45, 7) is 0. The van der Waals surface area contributed by atoms with E-state index in [0.717, 1.165) is 47.3 Å². The summed E-state index contributed by atoms with van der Waals surface area (Å²) in [5.74, 6) is 6.88. The molecule has 0 heterocycles. The zero-order chi connectivity index (χ0) is 33.1. The third-order valence-corrected chi connectivity index (χ3v) is 16.6. The average molecular weight is 662 g/mol. The van der Waals surface area contributed by atoms with Crippen LogP contribution >= 0.6 is 0 Å². The van der Waals surface area contributed by atoms with Gasteiger partial charge >= 0.3 is 0 Å². The minimum absolute atomic E-state index is 0.168. The van der Waals surface area contributed by atoms with E-state index in [-0.39, 0.29) is 10.8 Å². The number of para-hydroxylation sites is 1. The Morgan fingerprint density at radius 3 is 1.14 bits per heavy atom. The molecular weight excluding hydrogens is 615 g/mol. The van der Waals surface area contributed by atoms with Gasteiger partial charge in [-0.15, -0.1) is 0 Å². The Labute approximate surface area is 303 Å². The maximum atomic E-state index is 2.69. The summed E-state index contributed by atoms with van der Waals surface area (Å²) >= 11 is 0. The molecule has 8 bridgehead atoms. The molecule has 8 saturated carbocycles. The number of fused-ring (bicyclic) bond motifs is 6. The van der Waals surface area contributed by atoms with Gasteiger partial charge in [0.25, 0.3) is 0 Å². The Hall–Kier alpha value is -4.10. The van der Waals surface area contributed by atoms with Crippen molar-refractivity contribution in [3.63, 3.8) is 0 Å². The minimum Gasteiger partial charge on any atom is -0.310 e. The third-order valence-electron chi connectivity index (χ3n) is 16.6. The van der Waals surface area contributed by atoms with E-state index in [2.05, 4.69) is 120 Å². The van der Waals surface area contributed by atoms with Crippen LogP contribution in [0.5, 0.6) is 0 Å². The smallest absolute Gasteiger partial charge is 0.0465 e. The molecule has 0 radical (unpaired) electrons. The monoisotopic (exact) mass is 661 g/mol. The zero-order valence-electron chi connectivity index (χ0n) is 29.6. The highest BCUT2D eigenvalue weighted by atomic mass is 15.1. The van der Waals surface area contributed by atoms with Crippen LogP contribution in [0.3, 0.4) is 0 Å². The molecule has 0 aromatic heterocycles. The molecule has 0 unspecified atom stereocenters. The molecule has 252 valence electrons. The molecule has 15 rings (SSSR count). The maximum absolute atomic E-state index is 2.69. The summed E-state index contributed by atoms with van der Waals surface area (Å²) in [7, 11) is 0. The molecule has 2 spiro atoms. The highest BCUT2D eigenvalue weighted by molar-refractivity contribution is 5.89. The number of hydrogen-bond donors (Lipinski definition) is 0. The van der Waals surface area contributed by atoms with Gasteiger partial charge in [0.1, 0.15) is 0 Å². The molecule has 0 saturated heterocycles. The topological polar surface area (TPSA) is 3.24 Å². The summed E-state index contributed by atoms with van der Waals surface area (Å²) in [5.41, 5.74) is 16.9. The lowest BCUT2D eigenvalue weighted by atomic mass is 9.43. The molecule has 51 heavy (non-hydrogen) atoms. The lowest BCUT2D eigenvalue weighted by Gasteiger charge is -2.61. The fraction of sp³-hybridized carbons (Fsp3) is 0.400. The second kappa shape index (κ2) is 9.86. The first kappa shape index (κ1) is 28.5. The summed E-state index contributed by atoms with van der Waals surface area (Å²) in [6.07, 6.45) is 14.4. The Morgan fingerprint density at radius 1 is 0.333 bits per heavy atom. The quantitative estimate of drug-likeness (QED) is 0.186. The van der Waals surface area contributed by atoms with Crippen LogP contribution in [-0.4, -0.2) is 0 Å². The van der Waals surface area contributed by atoms with Gasteiger partial charge in [0.05, 0.1) is 0 Å². The van der Waals surface area contributed by atoms with E-state index in [1.165, 1.54) is 104 Å². The lowest BCUT2D eigenvalue weighted by Crippen LogP contribution is -2.55. The molecular formula is C50H47N. The second-order valence-corrected chi connectivity index (χ2v) is 18.6. The molecule has 0 atom stereocenters. The van der Waals surface area contributed by atoms with Gasteiger partial charge < -0.3 is 4.90 Å². The van der Waals surface area contributed by atoms with Crippen molar-refractivity contribution in [1.82, 2.24) is 0 Å². The number of nitrogens with zero attached hydrogens (tertiary/aromatic N) is 1. The molecule has 5 aromatic rings. The summed E-state index contributed by atoms with van der Waals surface area (Å²) in [4.78, 5) is 2.63. The highest BCUT2D eigenvalue weighted by Gasteiger charge is 2.63. The Morgan fingerprint density at radius 2 is 0.706 bits per heavy atom. The van der Waals surface area contributed by atoms with E-state index in [0.29, 0.717) is 0 Å². The lowest BCUT2D eigenvalue weighted by molar-refractivity contribution is -0.0399. The van der Waals surface area contributed by atoms with Crippen molar-refractivity contribution in [2.24, 2.45) is 47.3 Å². The van der Waals surface area contributed by atoms with Gasteiger partial charge in [-0.1, -0.05) is 78.9 Å². The first-order chi connectivity index (χ1) is 25.2. The standard InChI is InChI=1S/C50H47N/c1-2-8-38(9-3-1)51(39-14-16-43-41-10-4-6-12-45(41)49(47(43)28-39)34-20-30-18-31(22-34)23-35(49)21-30)40-15-17-44-42-11-5-7-13-46(42)50(48(44)29-40)36-24-32-19-33(26-36)27-37(50)25-32/h1-17,28-37H,18-27H2. The number of hydrogen-bond acceptors (Lipinski definition) is 1. The van der Waals surface area contributed by atoms with Gasteiger partial charge in [0.15, 0.2) is 0 Å². The predicted molar refractivity (Wildman–Crippen MR) is 208 cm³/mol. The number of rotatable bonds is 3. The van der Waals surface area contributed by atoms with E-state index < -0.39 is 0 Å². The van der Waals surface area contributed by atoms with Crippen molar-refractivity contribution in [1.29, 1.82) is 0 Å². The van der Waals surface area contributed by atoms with Crippen molar-refractivity contribution in [2.75, 3.05) is 4.90 Å². The molecule has 1 nitrogen and oxygen atoms in total. The van der Waals surface area contributed by atoms with E-state index in [1.807, 2.05) is 0 Å². The molecule has 0 aliphatic heterocycles. The van der Waals surface area contributed by atoms with E-state index in [4.69, 9.17) is 0 Å². The van der Waals surface area contributed by atoms with E-state index >= 15 is 0 Å². The van der Waals surface area contributed by atoms with Crippen LogP contribution in [0, 0.1) is 47.3 Å². The number of benzene rings is 5. The third kappa shape index (κ3) is 3.46. The normalized spacial score (nSPS) is 36.4. The molecule has 0 amide bonds. The van der Waals surface area contributed by atoms with Crippen LogP contribution in [0.4, 0.5) is 17.1 Å². The van der Waals surface area contributed by atoms with Gasteiger partial charge in [0.2, 0.25) is 0 Å². The van der Waals surface area contributed by atoms with Gasteiger partial charge in [0, 0.05) is 27.9 Å². The SMILES string of the molecule is c1ccc(N(c2ccc3c(c2)C2(c4ccccc4-3)C3CC4CC(C3)CC2C4)c2ccc3c(c2)C2(c4ccccc4-3)C3CC4CC(C3)CC2C4)cc1. The van der Waals surface area contributed by atoms with Crippen molar-refractivity contribution in [2.45, 2.75) is 75.0 Å². The van der Waals surface area contributed by atoms with Gasteiger partial charge in [-0.3, -0.25) is 0 Å². The summed E-state index contributed by atoms with van der Waals surface area (Å²) in [6, 6.07) is 45.8. The predicted octanol–water partition coefficient (Wildman–Crippen LogP) is 12.6. The maximum Gasteiger partial charge on any atom is 0.0465 e. The Bertz CT molecular complexity index is 2060. The van der Waals surface area contributed by atoms with Gasteiger partial charge in [-0.05, 0) is 192 Å². The summed E-state index contributed by atoms with van der Waals surface area (Å²) in [5, 5.41) is 0. The summed E-state index contributed by atoms with van der Waals surface area (Å²) < 4.78 is 0. The molecule has 5 aromatic carbocycles. The van der Waals surface area contributed by atoms with E-state index in [1.54, 1.807) is 22.3 Å². The molecule has 10 aliphatic rings. The average Bonchev–Trinajstić information content (AvgIpc) is 3.61. The fourth-order valence-electron chi connectivity index (χ4n) is 15.6. The van der Waals surface area contributed by atoms with Crippen molar-refractivity contribution >= 4 is 17.1 Å². The minimum atomic E-state index is 0.168. The van der Waals surface area contributed by atoms with E-state index in [9.17, 15) is 0 Å². The Kier molecular flexibility index (Phi) is 5.50. The first-order valence-electron chi connectivity index (χ1n) is 20.5. The molecule has 8 fully saturated rings. The van der Waals surface area contributed by atoms with Gasteiger partial charge in [-0.25, -0.2) is 0 Å². The molecule has 0 N–H and O–H groups in total. The van der Waals surface area contributed by atoms with Crippen LogP contribution in [0.15, 0.2) is 115 Å². The van der Waals surface area contributed by atoms with Crippen molar-refractivity contribution < 1.29 is 0 Å². The van der Waals surface area contributed by atoms with Gasteiger partial charge in [-0.2, -0.15) is 0 Å². The van der Waals surface area contributed by atoms with Crippen LogP contribution in [0.2, 0.25) is 0 Å². The highest BCUT2D eigenvalue weighted by Crippen LogP contribution is 2.71. The van der Waals surface area contributed by atoms with Crippen LogP contribution in [-0.2, 0) is 10.8 Å². The molecule has 10 aliphatic carbocycles.